The molecule has 0 spiro atoms. The van der Waals surface area contributed by atoms with Gasteiger partial charge in [0.2, 0.25) is 0 Å². The molecule has 0 amide bonds. The Hall–Kier alpha value is -1.71. The van der Waals surface area contributed by atoms with Crippen LogP contribution in [0.15, 0.2) is 54.9 Å². The molecule has 17 heavy (non-hydrogen) atoms. The number of fused-ring (bicyclic) bond motifs is 1. The lowest BCUT2D eigenvalue weighted by molar-refractivity contribution is 0.224. The second-order valence-electron chi connectivity index (χ2n) is 3.88. The van der Waals surface area contributed by atoms with Crippen molar-refractivity contribution >= 4 is 21.4 Å². The number of hydrogen-bond donors (Lipinski definition) is 1. The summed E-state index contributed by atoms with van der Waals surface area (Å²) in [5.74, 6) is 0. The molecule has 2 nitrogen and oxygen atoms in total. The van der Waals surface area contributed by atoms with Crippen LogP contribution in [0.3, 0.4) is 0 Å². The standard InChI is InChI=1S/C14H11NOS/c16-14(11-5-3-7-15-9-11)13-8-10-4-1-2-6-12(10)17-13/h1-9,14,16H. The van der Waals surface area contributed by atoms with E-state index in [4.69, 9.17) is 0 Å². The summed E-state index contributed by atoms with van der Waals surface area (Å²) in [4.78, 5) is 4.99. The average molecular weight is 241 g/mol. The highest BCUT2D eigenvalue weighted by molar-refractivity contribution is 7.19. The van der Waals surface area contributed by atoms with Gasteiger partial charge in [-0.15, -0.1) is 11.3 Å². The van der Waals surface area contributed by atoms with Gasteiger partial charge in [-0.05, 0) is 23.6 Å². The number of thiophene rings is 1. The van der Waals surface area contributed by atoms with Gasteiger partial charge in [-0.1, -0.05) is 24.3 Å². The summed E-state index contributed by atoms with van der Waals surface area (Å²) in [7, 11) is 0. The molecule has 0 saturated carbocycles. The van der Waals surface area contributed by atoms with Gasteiger partial charge in [0.15, 0.2) is 0 Å². The van der Waals surface area contributed by atoms with E-state index in [-0.39, 0.29) is 0 Å². The molecular weight excluding hydrogens is 230 g/mol. The molecule has 0 aliphatic heterocycles. The van der Waals surface area contributed by atoms with Gasteiger partial charge >= 0.3 is 0 Å². The van der Waals surface area contributed by atoms with E-state index in [1.165, 1.54) is 10.1 Å². The van der Waals surface area contributed by atoms with Gasteiger partial charge in [0.1, 0.15) is 6.10 Å². The first-order valence-corrected chi connectivity index (χ1v) is 6.23. The Bertz CT molecular complexity index is 600. The third-order valence-corrected chi connectivity index (χ3v) is 3.88. The van der Waals surface area contributed by atoms with Crippen molar-refractivity contribution in [2.45, 2.75) is 6.10 Å². The molecule has 3 aromatic rings. The second-order valence-corrected chi connectivity index (χ2v) is 4.99. The van der Waals surface area contributed by atoms with Crippen LogP contribution in [0.5, 0.6) is 0 Å². The first-order chi connectivity index (χ1) is 8.34. The van der Waals surface area contributed by atoms with E-state index in [0.29, 0.717) is 0 Å². The summed E-state index contributed by atoms with van der Waals surface area (Å²) < 4.78 is 1.20. The molecule has 2 aromatic heterocycles. The lowest BCUT2D eigenvalue weighted by atomic mass is 10.1. The molecule has 1 unspecified atom stereocenters. The van der Waals surface area contributed by atoms with Crippen LogP contribution >= 0.6 is 11.3 Å². The highest BCUT2D eigenvalue weighted by Gasteiger charge is 2.13. The molecule has 1 aromatic carbocycles. The zero-order valence-electron chi connectivity index (χ0n) is 9.08. The van der Waals surface area contributed by atoms with Gasteiger partial charge in [-0.2, -0.15) is 0 Å². The fraction of sp³-hybridized carbons (Fsp3) is 0.0714. The van der Waals surface area contributed by atoms with Crippen molar-refractivity contribution in [1.29, 1.82) is 0 Å². The first-order valence-electron chi connectivity index (χ1n) is 5.41. The van der Waals surface area contributed by atoms with Gasteiger partial charge < -0.3 is 5.11 Å². The van der Waals surface area contributed by atoms with Crippen molar-refractivity contribution in [3.63, 3.8) is 0 Å². The number of pyridine rings is 1. The van der Waals surface area contributed by atoms with Crippen molar-refractivity contribution in [2.24, 2.45) is 0 Å². The average Bonchev–Trinajstić information content (AvgIpc) is 2.82. The summed E-state index contributed by atoms with van der Waals surface area (Å²) in [6.07, 6.45) is 2.83. The molecule has 0 bridgehead atoms. The number of benzene rings is 1. The normalized spacial score (nSPS) is 12.8. The number of rotatable bonds is 2. The minimum absolute atomic E-state index is 0.582. The molecule has 84 valence electrons. The predicted molar refractivity (Wildman–Crippen MR) is 70.1 cm³/mol. The summed E-state index contributed by atoms with van der Waals surface area (Å²) >= 11 is 1.62. The summed E-state index contributed by atoms with van der Waals surface area (Å²) in [6, 6.07) is 13.9. The second kappa shape index (κ2) is 4.28. The highest BCUT2D eigenvalue weighted by Crippen LogP contribution is 2.32. The van der Waals surface area contributed by atoms with E-state index in [9.17, 15) is 5.11 Å². The van der Waals surface area contributed by atoms with Crippen LogP contribution in [-0.2, 0) is 0 Å². The van der Waals surface area contributed by atoms with E-state index >= 15 is 0 Å². The van der Waals surface area contributed by atoms with Crippen LogP contribution in [0.4, 0.5) is 0 Å². The van der Waals surface area contributed by atoms with Crippen molar-refractivity contribution in [1.82, 2.24) is 4.98 Å². The molecule has 1 atom stereocenters. The maximum Gasteiger partial charge on any atom is 0.115 e. The quantitative estimate of drug-likeness (QED) is 0.746. The van der Waals surface area contributed by atoms with Crippen molar-refractivity contribution < 1.29 is 5.11 Å². The Morgan fingerprint density at radius 1 is 1.12 bits per heavy atom. The predicted octanol–water partition coefficient (Wildman–Crippen LogP) is 3.38. The minimum Gasteiger partial charge on any atom is -0.383 e. The molecular formula is C14H11NOS. The maximum absolute atomic E-state index is 10.3. The number of aromatic nitrogens is 1. The summed E-state index contributed by atoms with van der Waals surface area (Å²) in [6.45, 7) is 0. The maximum atomic E-state index is 10.3. The largest absolute Gasteiger partial charge is 0.383 e. The van der Waals surface area contributed by atoms with E-state index < -0.39 is 6.10 Å². The van der Waals surface area contributed by atoms with Crippen LogP contribution in [0.25, 0.3) is 10.1 Å². The monoisotopic (exact) mass is 241 g/mol. The Morgan fingerprint density at radius 2 is 2.00 bits per heavy atom. The molecule has 3 heteroatoms. The molecule has 0 fully saturated rings. The zero-order valence-corrected chi connectivity index (χ0v) is 9.89. The van der Waals surface area contributed by atoms with Crippen LogP contribution < -0.4 is 0 Å². The van der Waals surface area contributed by atoms with E-state index in [2.05, 4.69) is 17.1 Å². The number of hydrogen-bond acceptors (Lipinski definition) is 3. The van der Waals surface area contributed by atoms with Crippen molar-refractivity contribution in [3.8, 4) is 0 Å². The Balaban J connectivity index is 2.04. The first kappa shape index (κ1) is 10.4. The third kappa shape index (κ3) is 1.95. The molecule has 1 N–H and O–H groups in total. The Labute approximate surface area is 103 Å². The van der Waals surface area contributed by atoms with E-state index in [1.807, 2.05) is 30.3 Å². The zero-order chi connectivity index (χ0) is 11.7. The molecule has 3 rings (SSSR count). The fourth-order valence-electron chi connectivity index (χ4n) is 1.84. The molecule has 0 aliphatic carbocycles. The number of aliphatic hydroxyl groups is 1. The lowest BCUT2D eigenvalue weighted by Crippen LogP contribution is -1.96. The Morgan fingerprint density at radius 3 is 2.76 bits per heavy atom. The van der Waals surface area contributed by atoms with Crippen LogP contribution in [0, 0.1) is 0 Å². The molecule has 0 aliphatic rings. The van der Waals surface area contributed by atoms with Gasteiger partial charge in [0.25, 0.3) is 0 Å². The van der Waals surface area contributed by atoms with Gasteiger partial charge in [-0.25, -0.2) is 0 Å². The van der Waals surface area contributed by atoms with Crippen LogP contribution in [0.2, 0.25) is 0 Å². The Kier molecular flexibility index (Phi) is 2.63. The van der Waals surface area contributed by atoms with Crippen LogP contribution in [-0.4, -0.2) is 10.1 Å². The minimum atomic E-state index is -0.582. The summed E-state index contributed by atoms with van der Waals surface area (Å²) in [5.41, 5.74) is 0.832. The molecule has 2 heterocycles. The lowest BCUT2D eigenvalue weighted by Gasteiger charge is -2.07. The van der Waals surface area contributed by atoms with Gasteiger partial charge in [0, 0.05) is 27.5 Å². The number of nitrogens with zero attached hydrogens (tertiary/aromatic N) is 1. The topological polar surface area (TPSA) is 33.1 Å². The van der Waals surface area contributed by atoms with E-state index in [1.54, 1.807) is 23.7 Å². The highest BCUT2D eigenvalue weighted by atomic mass is 32.1. The van der Waals surface area contributed by atoms with E-state index in [0.717, 1.165) is 10.4 Å². The molecule has 0 saturated heterocycles. The SMILES string of the molecule is OC(c1cccnc1)c1cc2ccccc2s1. The van der Waals surface area contributed by atoms with Crippen LogP contribution in [0.1, 0.15) is 16.5 Å². The number of aliphatic hydroxyl groups excluding tert-OH is 1. The summed E-state index contributed by atoms with van der Waals surface area (Å²) in [5, 5.41) is 11.4. The van der Waals surface area contributed by atoms with Crippen molar-refractivity contribution in [2.75, 3.05) is 0 Å². The van der Waals surface area contributed by atoms with Gasteiger partial charge in [-0.3, -0.25) is 4.98 Å². The molecule has 0 radical (unpaired) electrons. The fourth-order valence-corrected chi connectivity index (χ4v) is 2.92. The van der Waals surface area contributed by atoms with Gasteiger partial charge in [0.05, 0.1) is 0 Å². The smallest absolute Gasteiger partial charge is 0.115 e. The van der Waals surface area contributed by atoms with Crippen molar-refractivity contribution in [3.05, 3.63) is 65.3 Å². The third-order valence-electron chi connectivity index (χ3n) is 2.71.